The smallest absolute Gasteiger partial charge is 0.223 e. The molecular formula is C13H17N3OS. The maximum absolute atomic E-state index is 11.9. The average molecular weight is 263 g/mol. The van der Waals surface area contributed by atoms with Crippen LogP contribution >= 0.6 is 11.3 Å². The third-order valence-corrected chi connectivity index (χ3v) is 3.78. The third kappa shape index (κ3) is 3.20. The molecule has 0 saturated heterocycles. The van der Waals surface area contributed by atoms with E-state index in [2.05, 4.69) is 16.4 Å². The zero-order valence-corrected chi connectivity index (χ0v) is 11.4. The van der Waals surface area contributed by atoms with Gasteiger partial charge in [-0.2, -0.15) is 0 Å². The zero-order chi connectivity index (χ0) is 13.0. The Morgan fingerprint density at radius 3 is 3.06 bits per heavy atom. The lowest BCUT2D eigenvalue weighted by Crippen LogP contribution is -2.30. The summed E-state index contributed by atoms with van der Waals surface area (Å²) >= 11 is 1.69. The summed E-state index contributed by atoms with van der Waals surface area (Å²) in [7, 11) is 1.92. The van der Waals surface area contributed by atoms with Gasteiger partial charge in [-0.15, -0.1) is 11.3 Å². The molecule has 2 rings (SSSR count). The molecule has 0 saturated carbocycles. The molecule has 1 atom stereocenters. The average Bonchev–Trinajstić information content (AvgIpc) is 2.98. The number of carbonyl (C=O) groups excluding carboxylic acids is 1. The van der Waals surface area contributed by atoms with Crippen LogP contribution < -0.4 is 5.32 Å². The predicted molar refractivity (Wildman–Crippen MR) is 72.2 cm³/mol. The first-order valence-electron chi connectivity index (χ1n) is 5.93. The van der Waals surface area contributed by atoms with Crippen molar-refractivity contribution in [2.75, 3.05) is 0 Å². The SMILES string of the molecule is CC(Cc1cccs1)C(=O)NCc1nccn1C. The van der Waals surface area contributed by atoms with Crippen molar-refractivity contribution in [3.63, 3.8) is 0 Å². The van der Waals surface area contributed by atoms with E-state index in [9.17, 15) is 4.79 Å². The summed E-state index contributed by atoms with van der Waals surface area (Å²) in [5.74, 6) is 0.932. The van der Waals surface area contributed by atoms with E-state index in [1.54, 1.807) is 17.5 Å². The predicted octanol–water partition coefficient (Wildman–Crippen LogP) is 1.98. The molecule has 18 heavy (non-hydrogen) atoms. The largest absolute Gasteiger partial charge is 0.349 e. The fourth-order valence-electron chi connectivity index (χ4n) is 1.73. The Balaban J connectivity index is 1.82. The van der Waals surface area contributed by atoms with Gasteiger partial charge in [-0.3, -0.25) is 4.79 Å². The van der Waals surface area contributed by atoms with Gasteiger partial charge < -0.3 is 9.88 Å². The van der Waals surface area contributed by atoms with Crippen LogP contribution in [-0.4, -0.2) is 15.5 Å². The van der Waals surface area contributed by atoms with Crippen LogP contribution in [0.4, 0.5) is 0 Å². The van der Waals surface area contributed by atoms with Crippen LogP contribution in [0.15, 0.2) is 29.9 Å². The summed E-state index contributed by atoms with van der Waals surface area (Å²) in [6.07, 6.45) is 4.40. The number of aryl methyl sites for hydroxylation is 1. The van der Waals surface area contributed by atoms with Gasteiger partial charge in [-0.1, -0.05) is 13.0 Å². The van der Waals surface area contributed by atoms with Crippen molar-refractivity contribution in [2.45, 2.75) is 19.9 Å². The molecule has 4 nitrogen and oxygen atoms in total. The highest BCUT2D eigenvalue weighted by Crippen LogP contribution is 2.14. The molecule has 2 aromatic heterocycles. The molecule has 1 unspecified atom stereocenters. The standard InChI is InChI=1S/C13H17N3OS/c1-10(8-11-4-3-7-18-11)13(17)15-9-12-14-5-6-16(12)2/h3-7,10H,8-9H2,1-2H3,(H,15,17). The zero-order valence-electron chi connectivity index (χ0n) is 10.6. The van der Waals surface area contributed by atoms with Gasteiger partial charge in [0.2, 0.25) is 5.91 Å². The topological polar surface area (TPSA) is 46.9 Å². The first kappa shape index (κ1) is 12.8. The number of aromatic nitrogens is 2. The van der Waals surface area contributed by atoms with Crippen LogP contribution in [0, 0.1) is 5.92 Å². The van der Waals surface area contributed by atoms with Crippen LogP contribution in [0.3, 0.4) is 0 Å². The summed E-state index contributed by atoms with van der Waals surface area (Å²) in [4.78, 5) is 17.4. The van der Waals surface area contributed by atoms with Crippen LogP contribution in [0.5, 0.6) is 0 Å². The van der Waals surface area contributed by atoms with Gasteiger partial charge in [-0.25, -0.2) is 4.98 Å². The molecule has 2 aromatic rings. The number of nitrogens with one attached hydrogen (secondary N) is 1. The van der Waals surface area contributed by atoms with Crippen molar-refractivity contribution in [2.24, 2.45) is 13.0 Å². The molecule has 5 heteroatoms. The van der Waals surface area contributed by atoms with Crippen molar-refractivity contribution >= 4 is 17.2 Å². The molecule has 1 N–H and O–H groups in total. The molecular weight excluding hydrogens is 246 g/mol. The summed E-state index contributed by atoms with van der Waals surface area (Å²) in [6, 6.07) is 4.08. The molecule has 1 amide bonds. The third-order valence-electron chi connectivity index (χ3n) is 2.88. The second-order valence-electron chi connectivity index (χ2n) is 4.36. The van der Waals surface area contributed by atoms with Gasteiger partial charge in [0.05, 0.1) is 6.54 Å². The van der Waals surface area contributed by atoms with E-state index in [-0.39, 0.29) is 11.8 Å². The lowest BCUT2D eigenvalue weighted by atomic mass is 10.1. The Morgan fingerprint density at radius 1 is 1.61 bits per heavy atom. The normalized spacial score (nSPS) is 12.3. The van der Waals surface area contributed by atoms with Crippen LogP contribution in [0.2, 0.25) is 0 Å². The second kappa shape index (κ2) is 5.82. The fraction of sp³-hybridized carbons (Fsp3) is 0.385. The summed E-state index contributed by atoms with van der Waals surface area (Å²) in [5, 5.41) is 4.96. The highest BCUT2D eigenvalue weighted by molar-refractivity contribution is 7.09. The number of rotatable bonds is 5. The molecule has 2 heterocycles. The summed E-state index contributed by atoms with van der Waals surface area (Å²) < 4.78 is 1.91. The van der Waals surface area contributed by atoms with Crippen LogP contribution in [0.25, 0.3) is 0 Å². The number of hydrogen-bond acceptors (Lipinski definition) is 3. The first-order valence-corrected chi connectivity index (χ1v) is 6.81. The van der Waals surface area contributed by atoms with Gasteiger partial charge in [0.25, 0.3) is 0 Å². The van der Waals surface area contributed by atoms with Crippen molar-refractivity contribution < 1.29 is 4.79 Å². The van der Waals surface area contributed by atoms with Gasteiger partial charge in [0.1, 0.15) is 5.82 Å². The van der Waals surface area contributed by atoms with Crippen molar-refractivity contribution in [1.82, 2.24) is 14.9 Å². The quantitative estimate of drug-likeness (QED) is 0.896. The van der Waals surface area contributed by atoms with Gasteiger partial charge in [0, 0.05) is 30.2 Å². The lowest BCUT2D eigenvalue weighted by Gasteiger charge is -2.11. The van der Waals surface area contributed by atoms with Crippen LogP contribution in [-0.2, 0) is 24.8 Å². The molecule has 0 aromatic carbocycles. The van der Waals surface area contributed by atoms with E-state index in [1.807, 2.05) is 36.2 Å². The summed E-state index contributed by atoms with van der Waals surface area (Å²) in [5.41, 5.74) is 0. The van der Waals surface area contributed by atoms with E-state index in [1.165, 1.54) is 4.88 Å². The molecule has 0 aliphatic rings. The van der Waals surface area contributed by atoms with Gasteiger partial charge in [-0.05, 0) is 17.9 Å². The van der Waals surface area contributed by atoms with Crippen molar-refractivity contribution in [3.05, 3.63) is 40.6 Å². The van der Waals surface area contributed by atoms with Crippen molar-refractivity contribution in [3.8, 4) is 0 Å². The molecule has 0 fully saturated rings. The minimum atomic E-state index is -0.0103. The van der Waals surface area contributed by atoms with Gasteiger partial charge in [0.15, 0.2) is 0 Å². The molecule has 0 aliphatic heterocycles. The summed E-state index contributed by atoms with van der Waals surface area (Å²) in [6.45, 7) is 2.44. The molecule has 0 spiro atoms. The van der Waals surface area contributed by atoms with E-state index in [0.717, 1.165) is 12.2 Å². The van der Waals surface area contributed by atoms with E-state index < -0.39 is 0 Å². The van der Waals surface area contributed by atoms with Crippen molar-refractivity contribution in [1.29, 1.82) is 0 Å². The molecule has 0 bridgehead atoms. The van der Waals surface area contributed by atoms with Gasteiger partial charge >= 0.3 is 0 Å². The fourth-order valence-corrected chi connectivity index (χ4v) is 2.57. The highest BCUT2D eigenvalue weighted by atomic mass is 32.1. The molecule has 96 valence electrons. The number of hydrogen-bond donors (Lipinski definition) is 1. The number of nitrogens with zero attached hydrogens (tertiary/aromatic N) is 2. The van der Waals surface area contributed by atoms with Crippen LogP contribution in [0.1, 0.15) is 17.6 Å². The Kier molecular flexibility index (Phi) is 4.15. The number of imidazole rings is 1. The van der Waals surface area contributed by atoms with E-state index in [4.69, 9.17) is 0 Å². The van der Waals surface area contributed by atoms with E-state index in [0.29, 0.717) is 6.54 Å². The first-order chi connectivity index (χ1) is 8.66. The maximum atomic E-state index is 11.9. The number of thiophene rings is 1. The Hall–Kier alpha value is -1.62. The maximum Gasteiger partial charge on any atom is 0.223 e. The Labute approximate surface area is 111 Å². The minimum absolute atomic E-state index is 0.0103. The molecule has 0 aliphatic carbocycles. The van der Waals surface area contributed by atoms with E-state index >= 15 is 0 Å². The number of carbonyl (C=O) groups is 1. The number of amides is 1. The highest BCUT2D eigenvalue weighted by Gasteiger charge is 2.14. The Bertz CT molecular complexity index is 504. The second-order valence-corrected chi connectivity index (χ2v) is 5.39. The lowest BCUT2D eigenvalue weighted by molar-refractivity contribution is -0.124. The minimum Gasteiger partial charge on any atom is -0.349 e. The molecule has 0 radical (unpaired) electrons. The Morgan fingerprint density at radius 2 is 2.44 bits per heavy atom. The monoisotopic (exact) mass is 263 g/mol.